The van der Waals surface area contributed by atoms with Crippen molar-refractivity contribution >= 4 is 39.5 Å². The number of esters is 4. The molecule has 0 fully saturated rings. The Hall–Kier alpha value is -1.94. The van der Waals surface area contributed by atoms with E-state index in [-0.39, 0.29) is 25.7 Å². The van der Waals surface area contributed by atoms with Gasteiger partial charge in [-0.3, -0.25) is 37.3 Å². The zero-order valence-corrected chi connectivity index (χ0v) is 62.7. The maximum atomic E-state index is 13.1. The van der Waals surface area contributed by atoms with Gasteiger partial charge in [0.2, 0.25) is 0 Å². The topological polar surface area (TPSA) is 237 Å². The summed E-state index contributed by atoms with van der Waals surface area (Å²) in [6.45, 7) is 14.1. The second kappa shape index (κ2) is 63.5. The van der Waals surface area contributed by atoms with Crippen molar-refractivity contribution in [3.8, 4) is 0 Å². The summed E-state index contributed by atoms with van der Waals surface area (Å²) in [5, 5.41) is 10.6. The summed E-state index contributed by atoms with van der Waals surface area (Å²) in [5.74, 6) is 0.841. The molecule has 0 spiro atoms. The monoisotopic (exact) mass is 1370 g/mol. The predicted octanol–water partition coefficient (Wildman–Crippen LogP) is 21.3. The van der Waals surface area contributed by atoms with Crippen molar-refractivity contribution < 1.29 is 80.2 Å². The van der Waals surface area contributed by atoms with Crippen LogP contribution in [0.15, 0.2) is 0 Å². The summed E-state index contributed by atoms with van der Waals surface area (Å²) < 4.78 is 68.4. The summed E-state index contributed by atoms with van der Waals surface area (Å²) in [4.78, 5) is 72.6. The summed E-state index contributed by atoms with van der Waals surface area (Å²) >= 11 is 0. The molecular weight excluding hydrogens is 1220 g/mol. The van der Waals surface area contributed by atoms with E-state index in [9.17, 15) is 43.2 Å². The number of hydrogen-bond acceptors (Lipinski definition) is 15. The fourth-order valence-electron chi connectivity index (χ4n) is 11.2. The fourth-order valence-corrected chi connectivity index (χ4v) is 12.8. The maximum absolute atomic E-state index is 13.1. The van der Waals surface area contributed by atoms with Gasteiger partial charge in [-0.2, -0.15) is 0 Å². The molecule has 3 unspecified atom stereocenters. The van der Waals surface area contributed by atoms with Crippen molar-refractivity contribution in [2.24, 2.45) is 23.7 Å². The van der Waals surface area contributed by atoms with Crippen LogP contribution in [0.5, 0.6) is 0 Å². The highest BCUT2D eigenvalue weighted by Gasteiger charge is 2.30. The average Bonchev–Trinajstić information content (AvgIpc) is 2.43. The number of hydrogen-bond donors (Lipinski definition) is 3. The Bertz CT molecular complexity index is 1830. The molecule has 0 rings (SSSR count). The van der Waals surface area contributed by atoms with E-state index in [2.05, 4.69) is 55.4 Å². The Kier molecular flexibility index (Phi) is 62.2. The van der Waals surface area contributed by atoms with E-state index >= 15 is 0 Å². The molecule has 0 aromatic rings. The molecule has 19 heteroatoms. The standard InChI is InChI=1S/C74H144O17P2/c1-64(2)50-42-34-26-19-17-15-13-11-9-10-12-14-16-18-20-32-40-48-56-73(78)90-69(60-84-71(76)54-46-38-30-23-21-27-35-43-51-65(3)4)62-88-92(80,81)86-58-68(75)59-87-93(82,83)89-63-70(91-74(79)57-49-41-33-25-29-37-45-53-67(7)8)61-85-72(77)55-47-39-31-24-22-28-36-44-52-66(5)6/h64-70,75H,9-63H2,1-8H3,(H,80,81)(H,82,83)/t68?,69-,70-/m1/s1. The van der Waals surface area contributed by atoms with Crippen LogP contribution in [-0.2, 0) is 65.4 Å². The number of aliphatic hydroxyl groups is 1. The summed E-state index contributed by atoms with van der Waals surface area (Å²) in [7, 11) is -9.91. The lowest BCUT2D eigenvalue weighted by Gasteiger charge is -2.21. The van der Waals surface area contributed by atoms with Crippen LogP contribution in [0.3, 0.4) is 0 Å². The van der Waals surface area contributed by atoms with Crippen molar-refractivity contribution in [3.05, 3.63) is 0 Å². The third kappa shape index (κ3) is 68.4. The minimum absolute atomic E-state index is 0.102. The van der Waals surface area contributed by atoms with Crippen LogP contribution in [0.25, 0.3) is 0 Å². The number of carbonyl (C=O) groups is 4. The molecule has 3 N–H and O–H groups in total. The van der Waals surface area contributed by atoms with Gasteiger partial charge >= 0.3 is 39.5 Å². The average molecular weight is 1370 g/mol. The second-order valence-corrected chi connectivity index (χ2v) is 31.5. The lowest BCUT2D eigenvalue weighted by molar-refractivity contribution is -0.161. The van der Waals surface area contributed by atoms with Gasteiger partial charge in [-0.25, -0.2) is 9.13 Å². The molecule has 93 heavy (non-hydrogen) atoms. The minimum atomic E-state index is -4.96. The van der Waals surface area contributed by atoms with E-state index in [0.29, 0.717) is 31.6 Å². The first-order chi connectivity index (χ1) is 44.6. The summed E-state index contributed by atoms with van der Waals surface area (Å²) in [6.07, 6.45) is 47.5. The molecule has 0 aliphatic heterocycles. The first-order valence-corrected chi connectivity index (χ1v) is 41.2. The van der Waals surface area contributed by atoms with Crippen LogP contribution in [0.2, 0.25) is 0 Å². The zero-order valence-electron chi connectivity index (χ0n) is 60.9. The first kappa shape index (κ1) is 91.1. The van der Waals surface area contributed by atoms with Crippen molar-refractivity contribution in [1.29, 1.82) is 0 Å². The lowest BCUT2D eigenvalue weighted by Crippen LogP contribution is -2.30. The highest BCUT2D eigenvalue weighted by atomic mass is 31.2. The predicted molar refractivity (Wildman–Crippen MR) is 377 cm³/mol. The normalized spacial score (nSPS) is 14.2. The smallest absolute Gasteiger partial charge is 0.462 e. The number of ether oxygens (including phenoxy) is 4. The Balaban J connectivity index is 5.18. The molecule has 0 amide bonds. The molecule has 0 aliphatic carbocycles. The quantitative estimate of drug-likeness (QED) is 0.0222. The van der Waals surface area contributed by atoms with Gasteiger partial charge in [-0.1, -0.05) is 319 Å². The van der Waals surface area contributed by atoms with Crippen LogP contribution >= 0.6 is 15.6 Å². The van der Waals surface area contributed by atoms with E-state index in [4.69, 9.17) is 37.0 Å². The largest absolute Gasteiger partial charge is 0.472 e. The van der Waals surface area contributed by atoms with Crippen LogP contribution in [0.4, 0.5) is 0 Å². The van der Waals surface area contributed by atoms with Gasteiger partial charge in [0.1, 0.15) is 19.3 Å². The van der Waals surface area contributed by atoms with Gasteiger partial charge in [0, 0.05) is 25.7 Å². The minimum Gasteiger partial charge on any atom is -0.462 e. The molecule has 0 aromatic heterocycles. The molecule has 5 atom stereocenters. The number of unbranched alkanes of at least 4 members (excludes halogenated alkanes) is 37. The van der Waals surface area contributed by atoms with Gasteiger partial charge in [0.15, 0.2) is 12.2 Å². The number of phosphoric acid groups is 2. The third-order valence-electron chi connectivity index (χ3n) is 17.1. The van der Waals surface area contributed by atoms with Crippen LogP contribution in [0, 0.1) is 23.7 Å². The Morgan fingerprint density at radius 2 is 0.452 bits per heavy atom. The van der Waals surface area contributed by atoms with E-state index in [1.54, 1.807) is 0 Å². The van der Waals surface area contributed by atoms with Gasteiger partial charge in [-0.15, -0.1) is 0 Å². The van der Waals surface area contributed by atoms with Crippen molar-refractivity contribution in [2.45, 2.75) is 388 Å². The highest BCUT2D eigenvalue weighted by Crippen LogP contribution is 2.45. The molecule has 0 saturated carbocycles. The summed E-state index contributed by atoms with van der Waals surface area (Å²) in [6, 6.07) is 0. The molecule has 0 aromatic carbocycles. The molecular formula is C74H144O17P2. The van der Waals surface area contributed by atoms with E-state index in [0.717, 1.165) is 108 Å². The highest BCUT2D eigenvalue weighted by molar-refractivity contribution is 7.47. The zero-order chi connectivity index (χ0) is 68.9. The molecule has 0 bridgehead atoms. The van der Waals surface area contributed by atoms with E-state index in [1.165, 1.54) is 173 Å². The van der Waals surface area contributed by atoms with Crippen molar-refractivity contribution in [2.75, 3.05) is 39.6 Å². The number of aliphatic hydroxyl groups excluding tert-OH is 1. The Morgan fingerprint density at radius 1 is 0.269 bits per heavy atom. The van der Waals surface area contributed by atoms with Crippen molar-refractivity contribution in [1.82, 2.24) is 0 Å². The molecule has 0 saturated heterocycles. The number of rotatable bonds is 71. The lowest BCUT2D eigenvalue weighted by atomic mass is 10.0. The van der Waals surface area contributed by atoms with Gasteiger partial charge in [-0.05, 0) is 49.4 Å². The second-order valence-electron chi connectivity index (χ2n) is 28.6. The van der Waals surface area contributed by atoms with Crippen LogP contribution in [-0.4, -0.2) is 96.7 Å². The van der Waals surface area contributed by atoms with Gasteiger partial charge in [0.25, 0.3) is 0 Å². The third-order valence-corrected chi connectivity index (χ3v) is 19.0. The Morgan fingerprint density at radius 3 is 0.667 bits per heavy atom. The fraction of sp³-hybridized carbons (Fsp3) is 0.946. The van der Waals surface area contributed by atoms with Gasteiger partial charge in [0.05, 0.1) is 26.4 Å². The number of carbonyl (C=O) groups excluding carboxylic acids is 4. The van der Waals surface area contributed by atoms with Crippen LogP contribution in [0.1, 0.15) is 370 Å². The van der Waals surface area contributed by atoms with Crippen LogP contribution < -0.4 is 0 Å². The van der Waals surface area contributed by atoms with E-state index in [1.807, 2.05) is 0 Å². The SMILES string of the molecule is CC(C)CCCCCCCCCCCCCCCCCCCCC(=O)O[C@H](COC(=O)CCCCCCCCCCC(C)C)COP(=O)(O)OCC(O)COP(=O)(O)OC[C@@H](COC(=O)CCCCCCCCCCC(C)C)OC(=O)CCCCCCCCCC(C)C. The van der Waals surface area contributed by atoms with Crippen molar-refractivity contribution in [3.63, 3.8) is 0 Å². The molecule has 552 valence electrons. The van der Waals surface area contributed by atoms with E-state index < -0.39 is 97.5 Å². The van der Waals surface area contributed by atoms with Gasteiger partial charge < -0.3 is 33.8 Å². The Labute approximate surface area is 568 Å². The number of phosphoric ester groups is 2. The molecule has 0 radical (unpaired) electrons. The molecule has 0 aliphatic rings. The summed E-state index contributed by atoms with van der Waals surface area (Å²) in [5.41, 5.74) is 0. The molecule has 17 nitrogen and oxygen atoms in total. The maximum Gasteiger partial charge on any atom is 0.472 e. The molecule has 0 heterocycles. The first-order valence-electron chi connectivity index (χ1n) is 38.2.